The lowest BCUT2D eigenvalue weighted by Crippen LogP contribution is -2.15. The molecule has 0 rings (SSSR count). The molecule has 0 spiro atoms. The van der Waals surface area contributed by atoms with Gasteiger partial charge in [0.15, 0.2) is 0 Å². The Balaban J connectivity index is 0. The maximum Gasteiger partial charge on any atom is 0.100 e. The maximum absolute atomic E-state index is 8.17. The summed E-state index contributed by atoms with van der Waals surface area (Å²) in [6.07, 6.45) is 4.39. The Morgan fingerprint density at radius 1 is 1.27 bits per heavy atom. The number of rotatable bonds is 3. The molecule has 3 heteroatoms. The smallest absolute Gasteiger partial charge is 0.100 e. The molecular formula is C8H18O3. The Morgan fingerprint density at radius 2 is 1.73 bits per heavy atom. The second-order valence-electron chi connectivity index (χ2n) is 2.00. The van der Waals surface area contributed by atoms with Crippen LogP contribution in [0.4, 0.5) is 0 Å². The van der Waals surface area contributed by atoms with Gasteiger partial charge in [-0.2, -0.15) is 0 Å². The first-order chi connectivity index (χ1) is 5.22. The van der Waals surface area contributed by atoms with Crippen LogP contribution in [0.25, 0.3) is 0 Å². The summed E-state index contributed by atoms with van der Waals surface area (Å²) < 4.78 is 0. The minimum Gasteiger partial charge on any atom is -0.394 e. The predicted molar refractivity (Wildman–Crippen MR) is 45.3 cm³/mol. The topological polar surface area (TPSA) is 60.7 Å². The molecule has 0 saturated heterocycles. The van der Waals surface area contributed by atoms with Crippen LogP contribution in [-0.2, 0) is 0 Å². The van der Waals surface area contributed by atoms with Crippen molar-refractivity contribution in [1.82, 2.24) is 0 Å². The molecule has 0 saturated carbocycles. The Kier molecular flexibility index (Phi) is 14.8. The van der Waals surface area contributed by atoms with E-state index in [0.29, 0.717) is 0 Å². The lowest BCUT2D eigenvalue weighted by atomic mass is 10.4. The van der Waals surface area contributed by atoms with Crippen molar-refractivity contribution in [2.75, 3.05) is 13.2 Å². The number of aliphatic hydroxyl groups excluding tert-OH is 3. The van der Waals surface area contributed by atoms with Crippen molar-refractivity contribution in [2.45, 2.75) is 26.4 Å². The van der Waals surface area contributed by atoms with E-state index in [1.165, 1.54) is 0 Å². The third-order valence-electron chi connectivity index (χ3n) is 0.893. The lowest BCUT2D eigenvalue weighted by Gasteiger charge is -1.96. The van der Waals surface area contributed by atoms with Gasteiger partial charge in [0.05, 0.1) is 13.2 Å². The summed E-state index contributed by atoms with van der Waals surface area (Å²) in [5.41, 5.74) is 0. The fourth-order valence-electron chi connectivity index (χ4n) is 0.293. The highest BCUT2D eigenvalue weighted by atomic mass is 16.3. The highest BCUT2D eigenvalue weighted by Crippen LogP contribution is 1.73. The van der Waals surface area contributed by atoms with Gasteiger partial charge in [-0.25, -0.2) is 0 Å². The minimum atomic E-state index is -0.954. The van der Waals surface area contributed by atoms with Gasteiger partial charge in [0.2, 0.25) is 0 Å². The normalized spacial score (nSPS) is 10.0. The average molecular weight is 162 g/mol. The molecule has 0 aromatic heterocycles. The molecule has 0 aromatic rings. The van der Waals surface area contributed by atoms with Crippen molar-refractivity contribution >= 4 is 0 Å². The van der Waals surface area contributed by atoms with Crippen molar-refractivity contribution in [2.24, 2.45) is 0 Å². The first kappa shape index (κ1) is 13.2. The van der Waals surface area contributed by atoms with Crippen LogP contribution in [0.2, 0.25) is 0 Å². The van der Waals surface area contributed by atoms with Crippen molar-refractivity contribution in [3.63, 3.8) is 0 Å². The van der Waals surface area contributed by atoms with E-state index in [2.05, 4.69) is 19.1 Å². The van der Waals surface area contributed by atoms with Gasteiger partial charge in [0.25, 0.3) is 0 Å². The first-order valence-corrected chi connectivity index (χ1v) is 3.73. The van der Waals surface area contributed by atoms with E-state index < -0.39 is 6.10 Å². The van der Waals surface area contributed by atoms with Gasteiger partial charge in [-0.05, 0) is 13.3 Å². The van der Waals surface area contributed by atoms with E-state index in [1.54, 1.807) is 0 Å². The molecule has 0 aliphatic rings. The summed E-state index contributed by atoms with van der Waals surface area (Å²) in [7, 11) is 0. The molecule has 11 heavy (non-hydrogen) atoms. The Hall–Kier alpha value is -0.380. The van der Waals surface area contributed by atoms with E-state index in [1.807, 2.05) is 6.92 Å². The Morgan fingerprint density at radius 3 is 1.73 bits per heavy atom. The number of aliphatic hydroxyl groups is 3. The minimum absolute atomic E-state index is 0.365. The molecule has 0 amide bonds. The predicted octanol–water partition coefficient (Wildman–Crippen LogP) is 0.304. The van der Waals surface area contributed by atoms with Crippen LogP contribution in [0, 0.1) is 0 Å². The van der Waals surface area contributed by atoms with Crippen molar-refractivity contribution in [3.8, 4) is 0 Å². The molecule has 3 nitrogen and oxygen atoms in total. The molecular weight excluding hydrogens is 144 g/mol. The van der Waals surface area contributed by atoms with Crippen LogP contribution < -0.4 is 0 Å². The van der Waals surface area contributed by atoms with Crippen LogP contribution >= 0.6 is 0 Å². The molecule has 0 heterocycles. The Labute approximate surface area is 68.0 Å². The molecule has 0 bridgehead atoms. The van der Waals surface area contributed by atoms with Gasteiger partial charge in [0, 0.05) is 0 Å². The largest absolute Gasteiger partial charge is 0.394 e. The summed E-state index contributed by atoms with van der Waals surface area (Å²) in [4.78, 5) is 0. The number of allylic oxidation sites excluding steroid dienone is 2. The zero-order valence-corrected chi connectivity index (χ0v) is 7.20. The van der Waals surface area contributed by atoms with Crippen LogP contribution in [0.5, 0.6) is 0 Å². The highest BCUT2D eigenvalue weighted by molar-refractivity contribution is 4.73. The van der Waals surface area contributed by atoms with Crippen molar-refractivity contribution in [3.05, 3.63) is 12.2 Å². The SMILES string of the molecule is CC=CCC.OCC(O)CO. The fraction of sp³-hybridized carbons (Fsp3) is 0.750. The number of hydrogen-bond donors (Lipinski definition) is 3. The summed E-state index contributed by atoms with van der Waals surface area (Å²) in [6, 6.07) is 0. The van der Waals surface area contributed by atoms with Gasteiger partial charge in [-0.3, -0.25) is 0 Å². The molecule has 68 valence electrons. The van der Waals surface area contributed by atoms with Crippen LogP contribution in [-0.4, -0.2) is 34.6 Å². The molecule has 0 aliphatic heterocycles. The summed E-state index contributed by atoms with van der Waals surface area (Å²) in [5.74, 6) is 0. The van der Waals surface area contributed by atoms with Gasteiger partial charge < -0.3 is 15.3 Å². The lowest BCUT2D eigenvalue weighted by molar-refractivity contribution is 0.0450. The average Bonchev–Trinajstić information content (AvgIpc) is 2.06. The third kappa shape index (κ3) is 17.7. The second kappa shape index (κ2) is 12.3. The van der Waals surface area contributed by atoms with E-state index in [0.717, 1.165) is 6.42 Å². The molecule has 0 atom stereocenters. The standard InChI is InChI=1S/C5H10.C3H8O3/c1-3-5-4-2;4-1-3(6)2-5/h3,5H,4H2,1-2H3;3-6H,1-2H2. The molecule has 0 unspecified atom stereocenters. The molecule has 0 radical (unpaired) electrons. The van der Waals surface area contributed by atoms with Crippen molar-refractivity contribution < 1.29 is 15.3 Å². The zero-order chi connectivity index (χ0) is 9.11. The van der Waals surface area contributed by atoms with Crippen LogP contribution in [0.3, 0.4) is 0 Å². The van der Waals surface area contributed by atoms with Gasteiger partial charge in [0.1, 0.15) is 6.10 Å². The summed E-state index contributed by atoms with van der Waals surface area (Å²) >= 11 is 0. The first-order valence-electron chi connectivity index (χ1n) is 3.73. The van der Waals surface area contributed by atoms with Crippen molar-refractivity contribution in [1.29, 1.82) is 0 Å². The summed E-state index contributed by atoms with van der Waals surface area (Å²) in [5, 5.41) is 24.0. The fourth-order valence-corrected chi connectivity index (χ4v) is 0.293. The Bertz CT molecular complexity index is 77.4. The van der Waals surface area contributed by atoms with E-state index in [-0.39, 0.29) is 13.2 Å². The van der Waals surface area contributed by atoms with Crippen LogP contribution in [0.1, 0.15) is 20.3 Å². The van der Waals surface area contributed by atoms with Gasteiger partial charge >= 0.3 is 0 Å². The van der Waals surface area contributed by atoms with Crippen LogP contribution in [0.15, 0.2) is 12.2 Å². The second-order valence-corrected chi connectivity index (χ2v) is 2.00. The molecule has 3 N–H and O–H groups in total. The van der Waals surface area contributed by atoms with E-state index in [4.69, 9.17) is 15.3 Å². The molecule has 0 aromatic carbocycles. The summed E-state index contributed by atoms with van der Waals surface area (Å²) in [6.45, 7) is 3.43. The number of hydrogen-bond acceptors (Lipinski definition) is 3. The third-order valence-corrected chi connectivity index (χ3v) is 0.893. The van der Waals surface area contributed by atoms with Gasteiger partial charge in [-0.15, -0.1) is 0 Å². The maximum atomic E-state index is 8.17. The molecule has 0 aliphatic carbocycles. The van der Waals surface area contributed by atoms with Gasteiger partial charge in [-0.1, -0.05) is 19.1 Å². The van der Waals surface area contributed by atoms with E-state index >= 15 is 0 Å². The molecule has 0 fully saturated rings. The monoisotopic (exact) mass is 162 g/mol. The van der Waals surface area contributed by atoms with E-state index in [9.17, 15) is 0 Å². The zero-order valence-electron chi connectivity index (χ0n) is 7.20. The quantitative estimate of drug-likeness (QED) is 0.523. The highest BCUT2D eigenvalue weighted by Gasteiger charge is 1.93.